The summed E-state index contributed by atoms with van der Waals surface area (Å²) in [4.78, 5) is 22.7. The van der Waals surface area contributed by atoms with Gasteiger partial charge in [0, 0.05) is 18.2 Å². The van der Waals surface area contributed by atoms with E-state index in [1.807, 2.05) is 0 Å². The van der Waals surface area contributed by atoms with E-state index in [1.54, 1.807) is 24.3 Å². The third kappa shape index (κ3) is 4.21. The highest BCUT2D eigenvalue weighted by Gasteiger charge is 2.17. The van der Waals surface area contributed by atoms with Crippen molar-refractivity contribution in [2.24, 2.45) is 0 Å². The number of hydrogen-bond acceptors (Lipinski definition) is 4. The summed E-state index contributed by atoms with van der Waals surface area (Å²) in [5.74, 6) is -0.112. The molecular formula is C17H11Cl3N4O3. The molecule has 7 nitrogen and oxygen atoms in total. The Kier molecular flexibility index (Phi) is 5.65. The third-order valence-corrected chi connectivity index (χ3v) is 4.89. The second-order valence-corrected chi connectivity index (χ2v) is 6.65. The molecule has 3 rings (SSSR count). The number of rotatable bonds is 5. The number of benzene rings is 2. The maximum absolute atomic E-state index is 12.5. The number of non-ortho nitro benzene ring substituents is 1. The number of carbonyl (C=O) groups is 1. The number of nitro benzene ring substituents is 1. The lowest BCUT2D eigenvalue weighted by Crippen LogP contribution is -2.16. The lowest BCUT2D eigenvalue weighted by atomic mass is 10.2. The summed E-state index contributed by atoms with van der Waals surface area (Å²) >= 11 is 18.2. The Bertz CT molecular complexity index is 1040. The van der Waals surface area contributed by atoms with Crippen LogP contribution in [0.2, 0.25) is 15.1 Å². The van der Waals surface area contributed by atoms with Gasteiger partial charge in [0.15, 0.2) is 0 Å². The van der Waals surface area contributed by atoms with Crippen LogP contribution in [0.1, 0.15) is 15.9 Å². The van der Waals surface area contributed by atoms with Crippen molar-refractivity contribution in [1.29, 1.82) is 0 Å². The summed E-state index contributed by atoms with van der Waals surface area (Å²) in [5.41, 5.74) is 0.643. The average Bonchev–Trinajstić information content (AvgIpc) is 3.05. The lowest BCUT2D eigenvalue weighted by molar-refractivity contribution is -0.384. The SMILES string of the molecule is O=C(Nc1ccnn1Cc1cccc(Cl)c1Cl)c1ccc([N+](=O)[O-])cc1Cl. The number of aromatic nitrogens is 2. The fourth-order valence-corrected chi connectivity index (χ4v) is 3.02. The van der Waals surface area contributed by atoms with Crippen LogP contribution in [0.4, 0.5) is 11.5 Å². The lowest BCUT2D eigenvalue weighted by Gasteiger charge is -2.11. The Morgan fingerprint density at radius 1 is 1.15 bits per heavy atom. The van der Waals surface area contributed by atoms with Gasteiger partial charge in [0.1, 0.15) is 5.82 Å². The van der Waals surface area contributed by atoms with Crippen LogP contribution in [0.15, 0.2) is 48.7 Å². The molecule has 0 aliphatic rings. The number of nitrogens with one attached hydrogen (secondary N) is 1. The van der Waals surface area contributed by atoms with Gasteiger partial charge < -0.3 is 5.32 Å². The number of hydrogen-bond donors (Lipinski definition) is 1. The van der Waals surface area contributed by atoms with Gasteiger partial charge in [0.05, 0.1) is 38.3 Å². The molecule has 0 saturated heterocycles. The van der Waals surface area contributed by atoms with Crippen molar-refractivity contribution in [3.05, 3.63) is 85.0 Å². The fourth-order valence-electron chi connectivity index (χ4n) is 2.38. The van der Waals surface area contributed by atoms with Crippen LogP contribution in [-0.4, -0.2) is 20.6 Å². The predicted molar refractivity (Wildman–Crippen MR) is 104 cm³/mol. The van der Waals surface area contributed by atoms with Crippen LogP contribution >= 0.6 is 34.8 Å². The molecule has 27 heavy (non-hydrogen) atoms. The second-order valence-electron chi connectivity index (χ2n) is 5.46. The Balaban J connectivity index is 1.81. The van der Waals surface area contributed by atoms with Gasteiger partial charge in [-0.1, -0.05) is 46.9 Å². The molecule has 1 N–H and O–H groups in total. The maximum atomic E-state index is 12.5. The van der Waals surface area contributed by atoms with Gasteiger partial charge in [-0.15, -0.1) is 0 Å². The van der Waals surface area contributed by atoms with Crippen molar-refractivity contribution >= 4 is 52.2 Å². The van der Waals surface area contributed by atoms with Gasteiger partial charge in [-0.25, -0.2) is 4.68 Å². The Morgan fingerprint density at radius 2 is 1.93 bits per heavy atom. The largest absolute Gasteiger partial charge is 0.307 e. The molecule has 0 saturated carbocycles. The molecule has 0 unspecified atom stereocenters. The first-order chi connectivity index (χ1) is 12.9. The zero-order valence-corrected chi connectivity index (χ0v) is 15.8. The molecule has 0 radical (unpaired) electrons. The van der Waals surface area contributed by atoms with Crippen LogP contribution in [0, 0.1) is 10.1 Å². The highest BCUT2D eigenvalue weighted by molar-refractivity contribution is 6.42. The number of nitro groups is 1. The standard InChI is InChI=1S/C17H11Cl3N4O3/c18-13-3-1-2-10(16(13)20)9-23-15(6-7-21-23)22-17(25)12-5-4-11(24(26)27)8-14(12)19/h1-8H,9H2,(H,22,25). The summed E-state index contributed by atoms with van der Waals surface area (Å²) in [6.07, 6.45) is 1.52. The summed E-state index contributed by atoms with van der Waals surface area (Å²) in [6.45, 7) is 0.288. The smallest absolute Gasteiger partial charge is 0.270 e. The van der Waals surface area contributed by atoms with Gasteiger partial charge in [0.25, 0.3) is 11.6 Å². The minimum atomic E-state index is -0.586. The van der Waals surface area contributed by atoms with E-state index < -0.39 is 10.8 Å². The summed E-state index contributed by atoms with van der Waals surface area (Å²) in [5, 5.41) is 18.4. The molecule has 3 aromatic rings. The molecule has 0 bridgehead atoms. The molecule has 0 fully saturated rings. The van der Waals surface area contributed by atoms with Crippen molar-refractivity contribution < 1.29 is 9.72 Å². The Morgan fingerprint density at radius 3 is 2.63 bits per heavy atom. The van der Waals surface area contributed by atoms with Gasteiger partial charge in [-0.2, -0.15) is 5.10 Å². The Hall–Kier alpha value is -2.61. The van der Waals surface area contributed by atoms with E-state index >= 15 is 0 Å². The van der Waals surface area contributed by atoms with E-state index in [0.29, 0.717) is 15.9 Å². The van der Waals surface area contributed by atoms with Crippen LogP contribution < -0.4 is 5.32 Å². The molecule has 1 heterocycles. The van der Waals surface area contributed by atoms with E-state index in [4.69, 9.17) is 34.8 Å². The highest BCUT2D eigenvalue weighted by atomic mass is 35.5. The van der Waals surface area contributed by atoms with Crippen molar-refractivity contribution in [1.82, 2.24) is 9.78 Å². The molecule has 0 aliphatic carbocycles. The van der Waals surface area contributed by atoms with E-state index in [9.17, 15) is 14.9 Å². The van der Waals surface area contributed by atoms with E-state index in [1.165, 1.54) is 23.0 Å². The first kappa shape index (κ1) is 19.2. The minimum Gasteiger partial charge on any atom is -0.307 e. The molecule has 1 aromatic heterocycles. The molecule has 138 valence electrons. The molecule has 0 atom stereocenters. The summed E-state index contributed by atoms with van der Waals surface area (Å²) in [6, 6.07) is 10.5. The van der Waals surface area contributed by atoms with Crippen LogP contribution in [0.25, 0.3) is 0 Å². The quantitative estimate of drug-likeness (QED) is 0.457. The van der Waals surface area contributed by atoms with E-state index in [2.05, 4.69) is 10.4 Å². The first-order valence-electron chi connectivity index (χ1n) is 7.57. The molecule has 10 heteroatoms. The van der Waals surface area contributed by atoms with Crippen LogP contribution in [0.3, 0.4) is 0 Å². The van der Waals surface area contributed by atoms with Gasteiger partial charge in [-0.05, 0) is 17.7 Å². The highest BCUT2D eigenvalue weighted by Crippen LogP contribution is 2.27. The van der Waals surface area contributed by atoms with Crippen molar-refractivity contribution in [2.45, 2.75) is 6.54 Å². The average molecular weight is 426 g/mol. The maximum Gasteiger partial charge on any atom is 0.270 e. The molecule has 1 amide bonds. The normalized spacial score (nSPS) is 10.6. The molecule has 0 aliphatic heterocycles. The van der Waals surface area contributed by atoms with E-state index in [0.717, 1.165) is 11.6 Å². The molecule has 2 aromatic carbocycles. The zero-order chi connectivity index (χ0) is 19.6. The van der Waals surface area contributed by atoms with Crippen LogP contribution in [-0.2, 0) is 6.54 Å². The van der Waals surface area contributed by atoms with E-state index in [-0.39, 0.29) is 22.8 Å². The first-order valence-corrected chi connectivity index (χ1v) is 8.70. The Labute approximate surface area is 168 Å². The summed E-state index contributed by atoms with van der Waals surface area (Å²) < 4.78 is 1.54. The zero-order valence-electron chi connectivity index (χ0n) is 13.5. The number of nitrogens with zero attached hydrogens (tertiary/aromatic N) is 3. The minimum absolute atomic E-state index is 0.0225. The second kappa shape index (κ2) is 7.96. The predicted octanol–water partition coefficient (Wildman–Crippen LogP) is 5.05. The van der Waals surface area contributed by atoms with Crippen LogP contribution in [0.5, 0.6) is 0 Å². The van der Waals surface area contributed by atoms with Crippen molar-refractivity contribution in [3.63, 3.8) is 0 Å². The number of carbonyl (C=O) groups excluding carboxylic acids is 1. The monoisotopic (exact) mass is 424 g/mol. The summed E-state index contributed by atoms with van der Waals surface area (Å²) in [7, 11) is 0. The number of amides is 1. The number of halogens is 3. The topological polar surface area (TPSA) is 90.1 Å². The van der Waals surface area contributed by atoms with Gasteiger partial charge in [-0.3, -0.25) is 14.9 Å². The number of anilines is 1. The van der Waals surface area contributed by atoms with Gasteiger partial charge >= 0.3 is 0 Å². The fraction of sp³-hybridized carbons (Fsp3) is 0.0588. The third-order valence-electron chi connectivity index (χ3n) is 3.72. The molecule has 0 spiro atoms. The van der Waals surface area contributed by atoms with Gasteiger partial charge in [0.2, 0.25) is 0 Å². The molecular weight excluding hydrogens is 415 g/mol. The van der Waals surface area contributed by atoms with Crippen molar-refractivity contribution in [3.8, 4) is 0 Å². The van der Waals surface area contributed by atoms with Crippen molar-refractivity contribution in [2.75, 3.05) is 5.32 Å².